The van der Waals surface area contributed by atoms with Crippen LogP contribution in [0.2, 0.25) is 0 Å². The smallest absolute Gasteiger partial charge is 0.215 e. The predicted octanol–water partition coefficient (Wildman–Crippen LogP) is 0.991. The van der Waals surface area contributed by atoms with Crippen LogP contribution >= 0.6 is 11.8 Å². The van der Waals surface area contributed by atoms with Crippen LogP contribution in [-0.2, 0) is 0 Å². The minimum absolute atomic E-state index is 0.466. The van der Waals surface area contributed by atoms with Gasteiger partial charge in [-0.3, -0.25) is 4.98 Å². The lowest BCUT2D eigenvalue weighted by molar-refractivity contribution is 0.565. The quantitative estimate of drug-likeness (QED) is 0.865. The van der Waals surface area contributed by atoms with E-state index in [1.807, 2.05) is 11.7 Å². The summed E-state index contributed by atoms with van der Waals surface area (Å²) < 4.78 is 1.86. The summed E-state index contributed by atoms with van der Waals surface area (Å²) in [5.41, 5.74) is 0. The molecule has 7 nitrogen and oxygen atoms in total. The van der Waals surface area contributed by atoms with E-state index in [4.69, 9.17) is 0 Å². The Hall–Kier alpha value is -1.70. The first-order chi connectivity index (χ1) is 8.36. The fourth-order valence-corrected chi connectivity index (χ4v) is 2.21. The van der Waals surface area contributed by atoms with Gasteiger partial charge in [0.15, 0.2) is 0 Å². The molecule has 0 radical (unpaired) electrons. The van der Waals surface area contributed by atoms with E-state index >= 15 is 0 Å². The summed E-state index contributed by atoms with van der Waals surface area (Å²) in [6.07, 6.45) is 5.69. The molecule has 1 saturated carbocycles. The second-order valence-electron chi connectivity index (χ2n) is 3.73. The van der Waals surface area contributed by atoms with Crippen LogP contribution in [0.5, 0.6) is 0 Å². The van der Waals surface area contributed by atoms with Crippen molar-refractivity contribution in [1.82, 2.24) is 30.2 Å². The standard InChI is InChI=1S/C9H11N7S/c1-10-7-4-11-5-8(12-7)17-9-13-14-15-16(9)6-2-3-6/h4-6H,2-3H2,1H3,(H,10,12). The summed E-state index contributed by atoms with van der Waals surface area (Å²) in [6, 6.07) is 0.466. The summed E-state index contributed by atoms with van der Waals surface area (Å²) in [4.78, 5) is 8.47. The van der Waals surface area contributed by atoms with Crippen LogP contribution in [0, 0.1) is 0 Å². The fraction of sp³-hybridized carbons (Fsp3) is 0.444. The van der Waals surface area contributed by atoms with E-state index in [0.29, 0.717) is 6.04 Å². The highest BCUT2D eigenvalue weighted by Crippen LogP contribution is 2.37. The lowest BCUT2D eigenvalue weighted by Gasteiger charge is -2.02. The number of aromatic nitrogens is 6. The first-order valence-electron chi connectivity index (χ1n) is 5.32. The number of anilines is 1. The summed E-state index contributed by atoms with van der Waals surface area (Å²) in [6.45, 7) is 0. The van der Waals surface area contributed by atoms with Gasteiger partial charge in [0, 0.05) is 7.05 Å². The second-order valence-corrected chi connectivity index (χ2v) is 4.72. The van der Waals surface area contributed by atoms with Crippen LogP contribution in [0.15, 0.2) is 22.6 Å². The average molecular weight is 249 g/mol. The maximum Gasteiger partial charge on any atom is 0.215 e. The van der Waals surface area contributed by atoms with E-state index in [9.17, 15) is 0 Å². The summed E-state index contributed by atoms with van der Waals surface area (Å²) in [7, 11) is 1.81. The fourth-order valence-electron chi connectivity index (χ4n) is 1.41. The van der Waals surface area contributed by atoms with Gasteiger partial charge in [-0.05, 0) is 35.0 Å². The molecule has 1 aliphatic carbocycles. The molecule has 0 saturated heterocycles. The second kappa shape index (κ2) is 4.28. The van der Waals surface area contributed by atoms with E-state index in [1.165, 1.54) is 11.8 Å². The third-order valence-electron chi connectivity index (χ3n) is 2.42. The Kier molecular flexibility index (Phi) is 2.63. The van der Waals surface area contributed by atoms with E-state index in [-0.39, 0.29) is 0 Å². The molecule has 0 atom stereocenters. The van der Waals surface area contributed by atoms with E-state index in [0.717, 1.165) is 28.8 Å². The van der Waals surface area contributed by atoms with Crippen molar-refractivity contribution in [1.29, 1.82) is 0 Å². The zero-order valence-electron chi connectivity index (χ0n) is 9.24. The van der Waals surface area contributed by atoms with Gasteiger partial charge < -0.3 is 5.32 Å². The van der Waals surface area contributed by atoms with Gasteiger partial charge >= 0.3 is 0 Å². The molecule has 1 aliphatic rings. The number of nitrogens with one attached hydrogen (secondary N) is 1. The number of rotatable bonds is 4. The molecular formula is C9H11N7S. The molecular weight excluding hydrogens is 238 g/mol. The van der Waals surface area contributed by atoms with Crippen molar-refractivity contribution in [2.24, 2.45) is 0 Å². The van der Waals surface area contributed by atoms with E-state index in [1.54, 1.807) is 12.4 Å². The lowest BCUT2D eigenvalue weighted by atomic mass is 10.7. The van der Waals surface area contributed by atoms with Gasteiger partial charge in [-0.1, -0.05) is 0 Å². The molecule has 2 heterocycles. The van der Waals surface area contributed by atoms with Gasteiger partial charge in [-0.25, -0.2) is 9.67 Å². The number of nitrogens with zero attached hydrogens (tertiary/aromatic N) is 6. The Morgan fingerprint density at radius 3 is 3.06 bits per heavy atom. The normalized spacial score (nSPS) is 14.9. The van der Waals surface area contributed by atoms with Crippen LogP contribution in [0.25, 0.3) is 0 Å². The summed E-state index contributed by atoms with van der Waals surface area (Å²) in [5.74, 6) is 0.737. The Labute approximate surface area is 102 Å². The Morgan fingerprint density at radius 1 is 1.41 bits per heavy atom. The minimum Gasteiger partial charge on any atom is -0.372 e. The van der Waals surface area contributed by atoms with E-state index in [2.05, 4.69) is 30.8 Å². The molecule has 0 spiro atoms. The van der Waals surface area contributed by atoms with Crippen LogP contribution in [-0.4, -0.2) is 37.2 Å². The van der Waals surface area contributed by atoms with Crippen molar-refractivity contribution >= 4 is 17.6 Å². The molecule has 0 bridgehead atoms. The van der Waals surface area contributed by atoms with Gasteiger partial charge in [0.25, 0.3) is 0 Å². The molecule has 2 aromatic rings. The van der Waals surface area contributed by atoms with Gasteiger partial charge in [0.1, 0.15) is 10.8 Å². The van der Waals surface area contributed by atoms with E-state index < -0.39 is 0 Å². The number of tetrazole rings is 1. The molecule has 0 aliphatic heterocycles. The monoisotopic (exact) mass is 249 g/mol. The minimum atomic E-state index is 0.466. The zero-order valence-corrected chi connectivity index (χ0v) is 10.1. The molecule has 17 heavy (non-hydrogen) atoms. The SMILES string of the molecule is CNc1cncc(Sc2nnnn2C2CC2)n1. The first kappa shape index (κ1) is 10.5. The molecule has 3 rings (SSSR count). The van der Waals surface area contributed by atoms with Crippen molar-refractivity contribution < 1.29 is 0 Å². The highest BCUT2D eigenvalue weighted by Gasteiger charge is 2.28. The van der Waals surface area contributed by atoms with Gasteiger partial charge in [0.2, 0.25) is 5.16 Å². The van der Waals surface area contributed by atoms with Gasteiger partial charge in [-0.2, -0.15) is 0 Å². The van der Waals surface area contributed by atoms with Crippen LogP contribution in [0.1, 0.15) is 18.9 Å². The molecule has 8 heteroatoms. The third-order valence-corrected chi connectivity index (χ3v) is 3.28. The summed E-state index contributed by atoms with van der Waals surface area (Å²) in [5, 5.41) is 16.2. The van der Waals surface area contributed by atoms with Crippen molar-refractivity contribution in [2.45, 2.75) is 29.1 Å². The predicted molar refractivity (Wildman–Crippen MR) is 61.8 cm³/mol. The number of hydrogen-bond acceptors (Lipinski definition) is 7. The van der Waals surface area contributed by atoms with Gasteiger partial charge in [-0.15, -0.1) is 5.10 Å². The maximum atomic E-state index is 4.37. The van der Waals surface area contributed by atoms with Crippen LogP contribution in [0.3, 0.4) is 0 Å². The highest BCUT2D eigenvalue weighted by molar-refractivity contribution is 7.99. The molecule has 2 aromatic heterocycles. The molecule has 1 fully saturated rings. The van der Waals surface area contributed by atoms with Crippen LogP contribution in [0.4, 0.5) is 5.82 Å². The molecule has 1 N–H and O–H groups in total. The van der Waals surface area contributed by atoms with Crippen molar-refractivity contribution in [2.75, 3.05) is 12.4 Å². The van der Waals surface area contributed by atoms with Gasteiger partial charge in [0.05, 0.1) is 18.4 Å². The molecule has 88 valence electrons. The lowest BCUT2D eigenvalue weighted by Crippen LogP contribution is -1.99. The average Bonchev–Trinajstić information content (AvgIpc) is 3.11. The molecule has 0 unspecified atom stereocenters. The molecule has 0 aromatic carbocycles. The topological polar surface area (TPSA) is 81.4 Å². The Bertz CT molecular complexity index is 522. The first-order valence-corrected chi connectivity index (χ1v) is 6.14. The summed E-state index contributed by atoms with van der Waals surface area (Å²) >= 11 is 1.43. The third kappa shape index (κ3) is 2.21. The maximum absolute atomic E-state index is 4.37. The van der Waals surface area contributed by atoms with Crippen molar-refractivity contribution in [3.8, 4) is 0 Å². The van der Waals surface area contributed by atoms with Crippen LogP contribution < -0.4 is 5.32 Å². The number of hydrogen-bond donors (Lipinski definition) is 1. The largest absolute Gasteiger partial charge is 0.372 e. The molecule has 0 amide bonds. The van der Waals surface area contributed by atoms with Crippen molar-refractivity contribution in [3.05, 3.63) is 12.4 Å². The zero-order chi connectivity index (χ0) is 11.7. The Morgan fingerprint density at radius 2 is 2.29 bits per heavy atom. The van der Waals surface area contributed by atoms with Crippen molar-refractivity contribution in [3.63, 3.8) is 0 Å². The Balaban J connectivity index is 1.83. The highest BCUT2D eigenvalue weighted by atomic mass is 32.2.